The molecule has 1 aliphatic heterocycles. The van der Waals surface area contributed by atoms with Gasteiger partial charge in [-0.05, 0) is 43.3 Å². The lowest BCUT2D eigenvalue weighted by Crippen LogP contribution is -2.45. The molecule has 6 nitrogen and oxygen atoms in total. The fourth-order valence-electron chi connectivity index (χ4n) is 2.75. The number of anilines is 2. The molecule has 0 spiro atoms. The van der Waals surface area contributed by atoms with Gasteiger partial charge < -0.3 is 19.7 Å². The Bertz CT molecular complexity index is 827. The molecule has 1 heterocycles. The number of rotatable bonds is 6. The smallest absolute Gasteiger partial charge is 0.387 e. The average molecular weight is 376 g/mol. The summed E-state index contributed by atoms with van der Waals surface area (Å²) in [5, 5.41) is 2.66. The van der Waals surface area contributed by atoms with E-state index in [-0.39, 0.29) is 30.5 Å². The van der Waals surface area contributed by atoms with Crippen LogP contribution in [-0.2, 0) is 9.59 Å². The van der Waals surface area contributed by atoms with E-state index in [1.165, 1.54) is 29.2 Å². The van der Waals surface area contributed by atoms with Crippen LogP contribution in [0.3, 0.4) is 0 Å². The van der Waals surface area contributed by atoms with Crippen LogP contribution >= 0.6 is 0 Å². The predicted octanol–water partition coefficient (Wildman–Crippen LogP) is 3.43. The van der Waals surface area contributed by atoms with Gasteiger partial charge in [0.15, 0.2) is 6.10 Å². The average Bonchev–Trinajstić information content (AvgIpc) is 2.63. The number of benzene rings is 2. The van der Waals surface area contributed by atoms with Gasteiger partial charge in [0.05, 0.1) is 5.69 Å². The van der Waals surface area contributed by atoms with Gasteiger partial charge in [-0.2, -0.15) is 8.78 Å². The molecule has 1 atom stereocenters. The maximum Gasteiger partial charge on any atom is 0.387 e. The number of fused-ring (bicyclic) bond motifs is 1. The second-order valence-electron chi connectivity index (χ2n) is 5.92. The number of hydrogen-bond donors (Lipinski definition) is 1. The third kappa shape index (κ3) is 4.52. The van der Waals surface area contributed by atoms with Gasteiger partial charge in [0.2, 0.25) is 5.91 Å². The Morgan fingerprint density at radius 2 is 1.93 bits per heavy atom. The molecule has 1 N–H and O–H groups in total. The number of halogens is 2. The molecule has 1 aliphatic rings. The fraction of sp³-hybridized carbons (Fsp3) is 0.263. The minimum atomic E-state index is -2.90. The summed E-state index contributed by atoms with van der Waals surface area (Å²) < 4.78 is 34.1. The number of para-hydroxylation sites is 2. The van der Waals surface area contributed by atoms with Crippen LogP contribution in [-0.4, -0.2) is 31.1 Å². The lowest BCUT2D eigenvalue weighted by Gasteiger charge is -2.32. The summed E-state index contributed by atoms with van der Waals surface area (Å²) in [6.07, 6.45) is -0.549. The van der Waals surface area contributed by atoms with Gasteiger partial charge in [-0.1, -0.05) is 12.1 Å². The van der Waals surface area contributed by atoms with Gasteiger partial charge in [0.1, 0.15) is 11.5 Å². The standard InChI is InChI=1S/C19H18F2N2O4/c1-12-18(25)23(15-4-2-3-5-16(15)26-12)11-10-17(24)22-13-6-8-14(9-7-13)27-19(20)21/h2-9,12,19H,10-11H2,1H3,(H,22,24). The van der Waals surface area contributed by atoms with Crippen molar-refractivity contribution in [2.45, 2.75) is 26.1 Å². The highest BCUT2D eigenvalue weighted by Gasteiger charge is 2.31. The van der Waals surface area contributed by atoms with Crippen molar-refractivity contribution < 1.29 is 27.8 Å². The van der Waals surface area contributed by atoms with Gasteiger partial charge in [-0.3, -0.25) is 9.59 Å². The number of nitrogens with one attached hydrogen (secondary N) is 1. The van der Waals surface area contributed by atoms with Crippen LogP contribution in [0.5, 0.6) is 11.5 Å². The topological polar surface area (TPSA) is 67.9 Å². The summed E-state index contributed by atoms with van der Waals surface area (Å²) >= 11 is 0. The van der Waals surface area contributed by atoms with Gasteiger partial charge in [-0.15, -0.1) is 0 Å². The Balaban J connectivity index is 1.60. The second-order valence-corrected chi connectivity index (χ2v) is 5.92. The quantitative estimate of drug-likeness (QED) is 0.839. The first-order valence-corrected chi connectivity index (χ1v) is 8.36. The summed E-state index contributed by atoms with van der Waals surface area (Å²) in [5.74, 6) is 0.0871. The van der Waals surface area contributed by atoms with E-state index in [0.29, 0.717) is 17.1 Å². The number of ether oxygens (including phenoxy) is 2. The van der Waals surface area contributed by atoms with E-state index in [1.807, 2.05) is 6.07 Å². The van der Waals surface area contributed by atoms with Crippen molar-refractivity contribution in [3.63, 3.8) is 0 Å². The lowest BCUT2D eigenvalue weighted by molar-refractivity contribution is -0.125. The molecule has 2 amide bonds. The van der Waals surface area contributed by atoms with Crippen molar-refractivity contribution in [2.24, 2.45) is 0 Å². The third-order valence-electron chi connectivity index (χ3n) is 4.00. The molecule has 142 valence electrons. The fourth-order valence-corrected chi connectivity index (χ4v) is 2.75. The molecular formula is C19H18F2N2O4. The monoisotopic (exact) mass is 376 g/mol. The Kier molecular flexibility index (Phi) is 5.54. The Morgan fingerprint density at radius 3 is 2.63 bits per heavy atom. The molecule has 2 aromatic carbocycles. The van der Waals surface area contributed by atoms with Gasteiger partial charge in [0.25, 0.3) is 5.91 Å². The van der Waals surface area contributed by atoms with E-state index < -0.39 is 12.7 Å². The van der Waals surface area contributed by atoms with Crippen LogP contribution in [0.1, 0.15) is 13.3 Å². The summed E-state index contributed by atoms with van der Waals surface area (Å²) in [7, 11) is 0. The molecule has 0 fully saturated rings. The van der Waals surface area contributed by atoms with E-state index in [9.17, 15) is 18.4 Å². The van der Waals surface area contributed by atoms with Crippen LogP contribution in [0.4, 0.5) is 20.2 Å². The molecule has 27 heavy (non-hydrogen) atoms. The van der Waals surface area contributed by atoms with Crippen molar-refractivity contribution in [3.8, 4) is 11.5 Å². The molecule has 0 saturated carbocycles. The predicted molar refractivity (Wildman–Crippen MR) is 95.2 cm³/mol. The second kappa shape index (κ2) is 8.03. The summed E-state index contributed by atoms with van der Waals surface area (Å²) in [5.41, 5.74) is 1.07. The zero-order valence-electron chi connectivity index (χ0n) is 14.5. The Morgan fingerprint density at radius 1 is 1.22 bits per heavy atom. The van der Waals surface area contributed by atoms with Crippen molar-refractivity contribution in [1.82, 2.24) is 0 Å². The van der Waals surface area contributed by atoms with E-state index in [4.69, 9.17) is 4.74 Å². The SMILES string of the molecule is CC1Oc2ccccc2N(CCC(=O)Nc2ccc(OC(F)F)cc2)C1=O. The Labute approximate surface area is 154 Å². The van der Waals surface area contributed by atoms with Crippen LogP contribution < -0.4 is 19.7 Å². The first-order valence-electron chi connectivity index (χ1n) is 8.36. The molecule has 0 saturated heterocycles. The van der Waals surface area contributed by atoms with E-state index in [1.54, 1.807) is 25.1 Å². The minimum Gasteiger partial charge on any atom is -0.479 e. The highest BCUT2D eigenvalue weighted by molar-refractivity contribution is 6.00. The van der Waals surface area contributed by atoms with E-state index in [2.05, 4.69) is 10.1 Å². The molecule has 0 radical (unpaired) electrons. The van der Waals surface area contributed by atoms with E-state index >= 15 is 0 Å². The maximum absolute atomic E-state index is 12.4. The molecule has 8 heteroatoms. The number of carbonyl (C=O) groups excluding carboxylic acids is 2. The maximum atomic E-state index is 12.4. The van der Waals surface area contributed by atoms with E-state index in [0.717, 1.165) is 0 Å². The number of carbonyl (C=O) groups is 2. The summed E-state index contributed by atoms with van der Waals surface area (Å²) in [6.45, 7) is -1.04. The molecule has 0 aromatic heterocycles. The largest absolute Gasteiger partial charge is 0.479 e. The molecule has 2 aromatic rings. The highest BCUT2D eigenvalue weighted by atomic mass is 19.3. The summed E-state index contributed by atoms with van der Waals surface area (Å²) in [4.78, 5) is 26.1. The third-order valence-corrected chi connectivity index (χ3v) is 4.00. The lowest BCUT2D eigenvalue weighted by atomic mass is 10.1. The molecule has 3 rings (SSSR count). The Hall–Kier alpha value is -3.16. The van der Waals surface area contributed by atoms with Crippen molar-refractivity contribution >= 4 is 23.2 Å². The van der Waals surface area contributed by atoms with Gasteiger partial charge >= 0.3 is 6.61 Å². The number of nitrogens with zero attached hydrogens (tertiary/aromatic N) is 1. The first kappa shape index (κ1) is 18.6. The van der Waals surface area contributed by atoms with Crippen molar-refractivity contribution in [1.29, 1.82) is 0 Å². The van der Waals surface area contributed by atoms with Crippen molar-refractivity contribution in [3.05, 3.63) is 48.5 Å². The van der Waals surface area contributed by atoms with Gasteiger partial charge in [-0.25, -0.2) is 0 Å². The minimum absolute atomic E-state index is 0.00695. The normalized spacial score (nSPS) is 15.9. The zero-order valence-corrected chi connectivity index (χ0v) is 14.5. The zero-order chi connectivity index (χ0) is 19.4. The molecule has 1 unspecified atom stereocenters. The molecule has 0 bridgehead atoms. The van der Waals surface area contributed by atoms with Crippen LogP contribution in [0, 0.1) is 0 Å². The number of amides is 2. The van der Waals surface area contributed by atoms with Crippen LogP contribution in [0.25, 0.3) is 0 Å². The first-order chi connectivity index (χ1) is 12.9. The summed E-state index contributed by atoms with van der Waals surface area (Å²) in [6, 6.07) is 12.7. The molecule has 0 aliphatic carbocycles. The molecular weight excluding hydrogens is 358 g/mol. The highest BCUT2D eigenvalue weighted by Crippen LogP contribution is 2.33. The number of hydrogen-bond acceptors (Lipinski definition) is 4. The number of alkyl halides is 2. The van der Waals surface area contributed by atoms with Gasteiger partial charge in [0, 0.05) is 18.7 Å². The van der Waals surface area contributed by atoms with Crippen molar-refractivity contribution in [2.75, 3.05) is 16.8 Å². The van der Waals surface area contributed by atoms with Crippen LogP contribution in [0.2, 0.25) is 0 Å². The van der Waals surface area contributed by atoms with Crippen LogP contribution in [0.15, 0.2) is 48.5 Å².